The minimum Gasteiger partial charge on any atom is -0.462 e. The first-order valence-electron chi connectivity index (χ1n) is 32.6. The lowest BCUT2D eigenvalue weighted by molar-refractivity contribution is -0.167. The van der Waals surface area contributed by atoms with Gasteiger partial charge in [0, 0.05) is 19.3 Å². The van der Waals surface area contributed by atoms with E-state index in [-0.39, 0.29) is 37.5 Å². The molecule has 1 atom stereocenters. The Bertz CT molecular complexity index is 1280. The minimum atomic E-state index is -0.791. The third kappa shape index (κ3) is 60.2. The molecule has 0 spiro atoms. The van der Waals surface area contributed by atoms with Crippen molar-refractivity contribution in [1.29, 1.82) is 0 Å². The second kappa shape index (κ2) is 62.9. The zero-order chi connectivity index (χ0) is 53.6. The standard InChI is InChI=1S/C68H124O6/c1-4-7-10-13-16-19-22-24-26-27-28-29-30-31-32-33-34-35-36-37-38-39-40-42-43-46-49-52-55-58-61-67(70)73-64-65(63-72-66(69)60-57-54-51-48-45-21-18-15-12-9-6-3)74-68(71)62-59-56-53-50-47-44-41-25-23-20-17-14-11-8-5-2/h8,11,17,20,25,41,47,50,65H,4-7,9-10,12-16,18-19,21-24,26-40,42-46,48-49,51-64H2,1-3H3/b11-8-,20-17-,41-25-,50-47-. The summed E-state index contributed by atoms with van der Waals surface area (Å²) in [6, 6.07) is 0. The first-order valence-corrected chi connectivity index (χ1v) is 32.6. The summed E-state index contributed by atoms with van der Waals surface area (Å²) in [6.45, 7) is 6.53. The molecule has 0 saturated carbocycles. The van der Waals surface area contributed by atoms with Crippen LogP contribution in [-0.4, -0.2) is 37.2 Å². The lowest BCUT2D eigenvalue weighted by atomic mass is 10.0. The Hall–Kier alpha value is -2.63. The van der Waals surface area contributed by atoms with E-state index < -0.39 is 6.10 Å². The molecule has 0 radical (unpaired) electrons. The van der Waals surface area contributed by atoms with Crippen molar-refractivity contribution in [3.63, 3.8) is 0 Å². The third-order valence-electron chi connectivity index (χ3n) is 14.6. The summed E-state index contributed by atoms with van der Waals surface area (Å²) in [5, 5.41) is 0. The predicted molar refractivity (Wildman–Crippen MR) is 321 cm³/mol. The van der Waals surface area contributed by atoms with Gasteiger partial charge in [0.05, 0.1) is 0 Å². The Morgan fingerprint density at radius 1 is 0.284 bits per heavy atom. The van der Waals surface area contributed by atoms with Gasteiger partial charge in [0.2, 0.25) is 0 Å². The van der Waals surface area contributed by atoms with Crippen LogP contribution in [0.15, 0.2) is 48.6 Å². The van der Waals surface area contributed by atoms with Gasteiger partial charge in [-0.15, -0.1) is 0 Å². The van der Waals surface area contributed by atoms with Crippen LogP contribution in [0.5, 0.6) is 0 Å². The van der Waals surface area contributed by atoms with Crippen LogP contribution < -0.4 is 0 Å². The van der Waals surface area contributed by atoms with Crippen molar-refractivity contribution in [2.75, 3.05) is 13.2 Å². The second-order valence-electron chi connectivity index (χ2n) is 22.0. The zero-order valence-corrected chi connectivity index (χ0v) is 49.6. The van der Waals surface area contributed by atoms with Crippen molar-refractivity contribution < 1.29 is 28.6 Å². The summed E-state index contributed by atoms with van der Waals surface area (Å²) < 4.78 is 16.9. The minimum absolute atomic E-state index is 0.0855. The fourth-order valence-corrected chi connectivity index (χ4v) is 9.73. The highest BCUT2D eigenvalue weighted by Gasteiger charge is 2.19. The summed E-state index contributed by atoms with van der Waals surface area (Å²) >= 11 is 0. The molecule has 6 heteroatoms. The Kier molecular flexibility index (Phi) is 60.7. The molecule has 0 aliphatic carbocycles. The first-order chi connectivity index (χ1) is 36.5. The predicted octanol–water partition coefficient (Wildman–Crippen LogP) is 22.2. The molecule has 432 valence electrons. The van der Waals surface area contributed by atoms with Crippen LogP contribution in [0.3, 0.4) is 0 Å². The molecule has 0 bridgehead atoms. The molecule has 0 heterocycles. The Morgan fingerprint density at radius 2 is 0.527 bits per heavy atom. The topological polar surface area (TPSA) is 78.9 Å². The maximum absolute atomic E-state index is 12.8. The molecule has 74 heavy (non-hydrogen) atoms. The molecule has 0 aliphatic heterocycles. The Morgan fingerprint density at radius 3 is 0.824 bits per heavy atom. The smallest absolute Gasteiger partial charge is 0.306 e. The quantitative estimate of drug-likeness (QED) is 0.0261. The van der Waals surface area contributed by atoms with Crippen LogP contribution in [-0.2, 0) is 28.6 Å². The van der Waals surface area contributed by atoms with Gasteiger partial charge in [0.15, 0.2) is 6.10 Å². The van der Waals surface area contributed by atoms with E-state index in [4.69, 9.17) is 14.2 Å². The number of unbranched alkanes of at least 4 members (excludes halogenated alkanes) is 41. The van der Waals surface area contributed by atoms with Gasteiger partial charge in [-0.3, -0.25) is 14.4 Å². The van der Waals surface area contributed by atoms with Crippen molar-refractivity contribution >= 4 is 17.9 Å². The van der Waals surface area contributed by atoms with E-state index in [0.717, 1.165) is 77.0 Å². The van der Waals surface area contributed by atoms with E-state index in [1.54, 1.807) is 0 Å². The van der Waals surface area contributed by atoms with Crippen LogP contribution in [0.25, 0.3) is 0 Å². The highest BCUT2D eigenvalue weighted by molar-refractivity contribution is 5.71. The summed E-state index contributed by atoms with van der Waals surface area (Å²) in [6.07, 6.45) is 78.7. The van der Waals surface area contributed by atoms with Crippen LogP contribution in [0.4, 0.5) is 0 Å². The van der Waals surface area contributed by atoms with Crippen molar-refractivity contribution in [2.45, 2.75) is 354 Å². The molecular weight excluding hydrogens is 913 g/mol. The first kappa shape index (κ1) is 71.4. The summed E-state index contributed by atoms with van der Waals surface area (Å²) in [7, 11) is 0. The van der Waals surface area contributed by atoms with Gasteiger partial charge in [0.1, 0.15) is 13.2 Å². The van der Waals surface area contributed by atoms with E-state index in [0.29, 0.717) is 19.3 Å². The molecular formula is C68H124O6. The van der Waals surface area contributed by atoms with Gasteiger partial charge >= 0.3 is 17.9 Å². The summed E-state index contributed by atoms with van der Waals surface area (Å²) in [4.78, 5) is 38.2. The largest absolute Gasteiger partial charge is 0.462 e. The second-order valence-corrected chi connectivity index (χ2v) is 22.0. The lowest BCUT2D eigenvalue weighted by Gasteiger charge is -2.18. The summed E-state index contributed by atoms with van der Waals surface area (Å²) in [5.74, 6) is -0.910. The van der Waals surface area contributed by atoms with Crippen molar-refractivity contribution in [2.24, 2.45) is 0 Å². The molecule has 0 aromatic carbocycles. The van der Waals surface area contributed by atoms with E-state index in [1.807, 2.05) is 0 Å². The average molecular weight is 1040 g/mol. The Labute approximate surface area is 460 Å². The number of hydrogen-bond acceptors (Lipinski definition) is 6. The number of allylic oxidation sites excluding steroid dienone is 8. The van der Waals surface area contributed by atoms with E-state index in [2.05, 4.69) is 69.4 Å². The van der Waals surface area contributed by atoms with Crippen molar-refractivity contribution in [3.05, 3.63) is 48.6 Å². The number of esters is 3. The SMILES string of the molecule is CC/C=C\C/C=C\C/C=C\C/C=C\CCCCC(=O)OC(COC(=O)CCCCCCCCCCCCC)COC(=O)CCCCCCCCCCCCCCCCCCCCCCCCCCCCCCCC. The number of ether oxygens (including phenoxy) is 3. The molecule has 0 amide bonds. The van der Waals surface area contributed by atoms with Gasteiger partial charge in [-0.1, -0.05) is 320 Å². The maximum atomic E-state index is 12.8. The van der Waals surface area contributed by atoms with Crippen LogP contribution in [0.1, 0.15) is 348 Å². The average Bonchev–Trinajstić information content (AvgIpc) is 3.40. The normalized spacial score (nSPS) is 12.3. The molecule has 0 N–H and O–H groups in total. The number of carbonyl (C=O) groups is 3. The molecule has 0 aromatic heterocycles. The fraction of sp³-hybridized carbons (Fsp3) is 0.838. The van der Waals surface area contributed by atoms with E-state index in [9.17, 15) is 14.4 Å². The monoisotopic (exact) mass is 1040 g/mol. The summed E-state index contributed by atoms with van der Waals surface area (Å²) in [5.41, 5.74) is 0. The third-order valence-corrected chi connectivity index (χ3v) is 14.6. The molecule has 0 fully saturated rings. The number of hydrogen-bond donors (Lipinski definition) is 0. The highest BCUT2D eigenvalue weighted by Crippen LogP contribution is 2.18. The van der Waals surface area contributed by atoms with Crippen molar-refractivity contribution in [1.82, 2.24) is 0 Å². The van der Waals surface area contributed by atoms with Gasteiger partial charge in [-0.2, -0.15) is 0 Å². The van der Waals surface area contributed by atoms with Gasteiger partial charge < -0.3 is 14.2 Å². The molecule has 6 nitrogen and oxygen atoms in total. The van der Waals surface area contributed by atoms with E-state index >= 15 is 0 Å². The van der Waals surface area contributed by atoms with E-state index in [1.165, 1.54) is 225 Å². The van der Waals surface area contributed by atoms with Gasteiger partial charge in [-0.05, 0) is 57.8 Å². The number of carbonyl (C=O) groups excluding carboxylic acids is 3. The zero-order valence-electron chi connectivity index (χ0n) is 49.6. The van der Waals surface area contributed by atoms with Crippen LogP contribution >= 0.6 is 0 Å². The Balaban J connectivity index is 4.12. The molecule has 1 unspecified atom stereocenters. The highest BCUT2D eigenvalue weighted by atomic mass is 16.6. The van der Waals surface area contributed by atoms with Gasteiger partial charge in [-0.25, -0.2) is 0 Å². The lowest BCUT2D eigenvalue weighted by Crippen LogP contribution is -2.30. The molecule has 0 aromatic rings. The number of rotatable bonds is 60. The fourth-order valence-electron chi connectivity index (χ4n) is 9.73. The van der Waals surface area contributed by atoms with Crippen LogP contribution in [0, 0.1) is 0 Å². The van der Waals surface area contributed by atoms with Gasteiger partial charge in [0.25, 0.3) is 0 Å². The van der Waals surface area contributed by atoms with Crippen molar-refractivity contribution in [3.8, 4) is 0 Å². The maximum Gasteiger partial charge on any atom is 0.306 e. The molecule has 0 rings (SSSR count). The molecule has 0 saturated heterocycles. The molecule has 0 aliphatic rings. The van der Waals surface area contributed by atoms with Crippen LogP contribution in [0.2, 0.25) is 0 Å².